The SMILES string of the molecule is O[C@@H]1CCC[C@H]1Oc1ccc(Cl)c(F)c1. The highest BCUT2D eigenvalue weighted by Crippen LogP contribution is 2.26. The second-order valence-corrected chi connectivity index (χ2v) is 4.14. The quantitative estimate of drug-likeness (QED) is 0.847. The van der Waals surface area contributed by atoms with Gasteiger partial charge in [-0.05, 0) is 31.4 Å². The number of hydrogen-bond acceptors (Lipinski definition) is 2. The van der Waals surface area contributed by atoms with Gasteiger partial charge in [0.25, 0.3) is 0 Å². The summed E-state index contributed by atoms with van der Waals surface area (Å²) in [5.41, 5.74) is 0. The van der Waals surface area contributed by atoms with E-state index in [1.54, 1.807) is 6.07 Å². The monoisotopic (exact) mass is 230 g/mol. The van der Waals surface area contributed by atoms with Crippen molar-refractivity contribution in [1.29, 1.82) is 0 Å². The van der Waals surface area contributed by atoms with Crippen molar-refractivity contribution in [2.45, 2.75) is 31.5 Å². The molecule has 0 aromatic heterocycles. The molecule has 15 heavy (non-hydrogen) atoms. The Labute approximate surface area is 92.6 Å². The van der Waals surface area contributed by atoms with Crippen LogP contribution in [0.1, 0.15) is 19.3 Å². The molecule has 1 N–H and O–H groups in total. The minimum Gasteiger partial charge on any atom is -0.488 e. The number of benzene rings is 1. The van der Waals surface area contributed by atoms with E-state index in [2.05, 4.69) is 0 Å². The van der Waals surface area contributed by atoms with E-state index in [0.29, 0.717) is 5.75 Å². The van der Waals surface area contributed by atoms with Crippen LogP contribution in [0.25, 0.3) is 0 Å². The molecule has 2 nitrogen and oxygen atoms in total. The van der Waals surface area contributed by atoms with Crippen LogP contribution in [-0.4, -0.2) is 17.3 Å². The van der Waals surface area contributed by atoms with Crippen LogP contribution in [0.4, 0.5) is 4.39 Å². The summed E-state index contributed by atoms with van der Waals surface area (Å²) in [5.74, 6) is -0.0792. The lowest BCUT2D eigenvalue weighted by molar-refractivity contribution is 0.0602. The Morgan fingerprint density at radius 1 is 1.40 bits per heavy atom. The van der Waals surface area contributed by atoms with E-state index in [-0.39, 0.29) is 11.1 Å². The van der Waals surface area contributed by atoms with E-state index in [0.717, 1.165) is 19.3 Å². The maximum absolute atomic E-state index is 13.1. The summed E-state index contributed by atoms with van der Waals surface area (Å²) < 4.78 is 18.6. The molecule has 0 bridgehead atoms. The molecule has 1 aromatic rings. The van der Waals surface area contributed by atoms with Crippen molar-refractivity contribution in [3.8, 4) is 5.75 Å². The van der Waals surface area contributed by atoms with Gasteiger partial charge in [-0.3, -0.25) is 0 Å². The van der Waals surface area contributed by atoms with Gasteiger partial charge in [-0.1, -0.05) is 11.6 Å². The highest BCUT2D eigenvalue weighted by atomic mass is 35.5. The molecule has 1 aliphatic carbocycles. The lowest BCUT2D eigenvalue weighted by Crippen LogP contribution is -2.25. The van der Waals surface area contributed by atoms with Crippen molar-refractivity contribution in [2.75, 3.05) is 0 Å². The van der Waals surface area contributed by atoms with Gasteiger partial charge in [0.05, 0.1) is 11.1 Å². The van der Waals surface area contributed by atoms with Gasteiger partial charge >= 0.3 is 0 Å². The Bertz CT molecular complexity index is 356. The summed E-state index contributed by atoms with van der Waals surface area (Å²) in [6.07, 6.45) is 1.85. The molecule has 2 atom stereocenters. The fraction of sp³-hybridized carbons (Fsp3) is 0.455. The molecule has 2 rings (SSSR count). The number of hydrogen-bond donors (Lipinski definition) is 1. The summed E-state index contributed by atoms with van der Waals surface area (Å²) >= 11 is 5.55. The summed E-state index contributed by atoms with van der Waals surface area (Å²) in [6.45, 7) is 0. The average molecular weight is 231 g/mol. The third kappa shape index (κ3) is 2.41. The van der Waals surface area contributed by atoms with Crippen molar-refractivity contribution in [2.24, 2.45) is 0 Å². The lowest BCUT2D eigenvalue weighted by atomic mass is 10.2. The van der Waals surface area contributed by atoms with Crippen molar-refractivity contribution >= 4 is 11.6 Å². The number of halogens is 2. The van der Waals surface area contributed by atoms with Gasteiger partial charge in [0.2, 0.25) is 0 Å². The first kappa shape index (κ1) is 10.7. The molecule has 0 aliphatic heterocycles. The van der Waals surface area contributed by atoms with Crippen molar-refractivity contribution in [3.05, 3.63) is 29.0 Å². The average Bonchev–Trinajstić information content (AvgIpc) is 2.59. The molecule has 0 radical (unpaired) electrons. The molecule has 1 aromatic carbocycles. The molecule has 0 amide bonds. The Kier molecular flexibility index (Phi) is 3.12. The lowest BCUT2D eigenvalue weighted by Gasteiger charge is -2.17. The largest absolute Gasteiger partial charge is 0.488 e. The predicted molar refractivity (Wildman–Crippen MR) is 55.7 cm³/mol. The van der Waals surface area contributed by atoms with Crippen LogP contribution >= 0.6 is 11.6 Å². The molecule has 0 spiro atoms. The van der Waals surface area contributed by atoms with Crippen LogP contribution in [-0.2, 0) is 0 Å². The van der Waals surface area contributed by atoms with Crippen molar-refractivity contribution in [1.82, 2.24) is 0 Å². The van der Waals surface area contributed by atoms with E-state index in [1.807, 2.05) is 0 Å². The van der Waals surface area contributed by atoms with Crippen LogP contribution < -0.4 is 4.74 Å². The molecule has 4 heteroatoms. The topological polar surface area (TPSA) is 29.5 Å². The minimum atomic E-state index is -0.498. The zero-order valence-electron chi connectivity index (χ0n) is 8.12. The standard InChI is InChI=1S/C11H12ClFO2/c12-8-5-4-7(6-9(8)13)15-11-3-1-2-10(11)14/h4-6,10-11,14H,1-3H2/t10-,11-/m1/s1. The normalized spacial score (nSPS) is 25.5. The zero-order chi connectivity index (χ0) is 10.8. The van der Waals surface area contributed by atoms with Crippen molar-refractivity contribution in [3.63, 3.8) is 0 Å². The van der Waals surface area contributed by atoms with Gasteiger partial charge in [0, 0.05) is 6.07 Å². The van der Waals surface area contributed by atoms with E-state index in [9.17, 15) is 9.50 Å². The predicted octanol–water partition coefficient (Wildman–Crippen LogP) is 2.77. The first-order chi connectivity index (χ1) is 7.16. The van der Waals surface area contributed by atoms with E-state index in [4.69, 9.17) is 16.3 Å². The molecule has 0 saturated heterocycles. The first-order valence-electron chi connectivity index (χ1n) is 4.96. The van der Waals surface area contributed by atoms with Gasteiger partial charge < -0.3 is 9.84 Å². The smallest absolute Gasteiger partial charge is 0.145 e. The van der Waals surface area contributed by atoms with Crippen LogP contribution in [0.15, 0.2) is 18.2 Å². The zero-order valence-corrected chi connectivity index (χ0v) is 8.88. The van der Waals surface area contributed by atoms with E-state index < -0.39 is 11.9 Å². The Balaban J connectivity index is 2.07. The summed E-state index contributed by atoms with van der Waals surface area (Å²) in [7, 11) is 0. The van der Waals surface area contributed by atoms with Gasteiger partial charge in [-0.25, -0.2) is 4.39 Å². The van der Waals surface area contributed by atoms with E-state index >= 15 is 0 Å². The van der Waals surface area contributed by atoms with Gasteiger partial charge in [-0.15, -0.1) is 0 Å². The highest BCUT2D eigenvalue weighted by molar-refractivity contribution is 6.30. The number of aliphatic hydroxyl groups is 1. The molecule has 0 heterocycles. The summed E-state index contributed by atoms with van der Waals surface area (Å²) in [5, 5.41) is 9.61. The number of ether oxygens (including phenoxy) is 1. The van der Waals surface area contributed by atoms with Gasteiger partial charge in [-0.2, -0.15) is 0 Å². The third-order valence-electron chi connectivity index (χ3n) is 2.60. The van der Waals surface area contributed by atoms with Crippen molar-refractivity contribution < 1.29 is 14.2 Å². The molecule has 1 aliphatic rings. The van der Waals surface area contributed by atoms with Gasteiger partial charge in [0.1, 0.15) is 17.7 Å². The van der Waals surface area contributed by atoms with Gasteiger partial charge in [0.15, 0.2) is 0 Å². The second kappa shape index (κ2) is 4.37. The molecule has 0 unspecified atom stereocenters. The molecule has 1 saturated carbocycles. The molecular formula is C11H12ClFO2. The van der Waals surface area contributed by atoms with Crippen LogP contribution in [0.2, 0.25) is 5.02 Å². The Hall–Kier alpha value is -0.800. The van der Waals surface area contributed by atoms with E-state index in [1.165, 1.54) is 12.1 Å². The maximum atomic E-state index is 13.1. The fourth-order valence-corrected chi connectivity index (χ4v) is 1.89. The minimum absolute atomic E-state index is 0.0781. The first-order valence-corrected chi connectivity index (χ1v) is 5.34. The van der Waals surface area contributed by atoms with Crippen LogP contribution in [0, 0.1) is 5.82 Å². The highest BCUT2D eigenvalue weighted by Gasteiger charge is 2.26. The summed E-state index contributed by atoms with van der Waals surface area (Å²) in [6, 6.07) is 4.30. The third-order valence-corrected chi connectivity index (χ3v) is 2.90. The summed E-state index contributed by atoms with van der Waals surface area (Å²) in [4.78, 5) is 0. The van der Waals surface area contributed by atoms with Crippen LogP contribution in [0.5, 0.6) is 5.75 Å². The molecule has 82 valence electrons. The fourth-order valence-electron chi connectivity index (χ4n) is 1.77. The molecule has 1 fully saturated rings. The number of rotatable bonds is 2. The maximum Gasteiger partial charge on any atom is 0.145 e. The number of aliphatic hydroxyl groups excluding tert-OH is 1. The molecular weight excluding hydrogens is 219 g/mol. The Morgan fingerprint density at radius 2 is 2.20 bits per heavy atom. The second-order valence-electron chi connectivity index (χ2n) is 3.73. The Morgan fingerprint density at radius 3 is 2.80 bits per heavy atom. The van der Waals surface area contributed by atoms with Crippen LogP contribution in [0.3, 0.4) is 0 Å².